The van der Waals surface area contributed by atoms with Crippen molar-refractivity contribution in [1.82, 2.24) is 4.98 Å². The number of carbonyl (C=O) groups excluding carboxylic acids is 3. The fourth-order valence-electron chi connectivity index (χ4n) is 1.71. The van der Waals surface area contributed by atoms with Gasteiger partial charge in [-0.05, 0) is 46.3 Å². The fourth-order valence-corrected chi connectivity index (χ4v) is 2.38. The summed E-state index contributed by atoms with van der Waals surface area (Å²) >= 11 is 1.24. The zero-order valence-corrected chi connectivity index (χ0v) is 15.8. The van der Waals surface area contributed by atoms with Gasteiger partial charge in [0, 0.05) is 18.2 Å². The highest BCUT2D eigenvalue weighted by Crippen LogP contribution is 2.18. The summed E-state index contributed by atoms with van der Waals surface area (Å²) in [7, 11) is 0. The lowest BCUT2D eigenvalue weighted by Gasteiger charge is -2.18. The Morgan fingerprint density at radius 2 is 2.00 bits per heavy atom. The molecule has 0 saturated heterocycles. The van der Waals surface area contributed by atoms with Crippen LogP contribution in [0.4, 0.5) is 9.93 Å². The molecular weight excluding hydrogens is 344 g/mol. The number of ether oxygens (including phenoxy) is 2. The molecule has 0 spiro atoms. The maximum Gasteiger partial charge on any atom is 0.413 e. The van der Waals surface area contributed by atoms with Gasteiger partial charge in [-0.25, -0.2) is 9.78 Å². The summed E-state index contributed by atoms with van der Waals surface area (Å²) in [4.78, 5) is 38.7. The van der Waals surface area contributed by atoms with Crippen LogP contribution in [0.25, 0.3) is 6.08 Å². The minimum Gasteiger partial charge on any atom is -0.466 e. The molecule has 1 aromatic rings. The lowest BCUT2D eigenvalue weighted by Crippen LogP contribution is -2.27. The molecule has 25 heavy (non-hydrogen) atoms. The Morgan fingerprint density at radius 1 is 1.28 bits per heavy atom. The molecule has 0 aliphatic heterocycles. The summed E-state index contributed by atoms with van der Waals surface area (Å²) in [5, 5.41) is 4.65. The minimum atomic E-state index is -0.583. The Labute approximate surface area is 151 Å². The minimum absolute atomic E-state index is 0.0982. The van der Waals surface area contributed by atoms with E-state index in [-0.39, 0.29) is 24.6 Å². The second-order valence-electron chi connectivity index (χ2n) is 6.16. The van der Waals surface area contributed by atoms with Gasteiger partial charge in [-0.2, -0.15) is 0 Å². The van der Waals surface area contributed by atoms with Crippen molar-refractivity contribution in [2.24, 2.45) is 0 Å². The molecule has 1 aromatic heterocycles. The van der Waals surface area contributed by atoms with Crippen LogP contribution in [0.3, 0.4) is 0 Å². The summed E-state index contributed by atoms with van der Waals surface area (Å²) < 4.78 is 9.93. The molecule has 0 saturated carbocycles. The van der Waals surface area contributed by atoms with Gasteiger partial charge in [0.25, 0.3) is 0 Å². The summed E-state index contributed by atoms with van der Waals surface area (Å²) in [5.41, 5.74) is -0.0187. The van der Waals surface area contributed by atoms with Gasteiger partial charge in [0.2, 0.25) is 0 Å². The van der Waals surface area contributed by atoms with E-state index in [9.17, 15) is 14.4 Å². The number of ketones is 1. The standard InChI is InChI=1S/C17H24N2O5S/c1-5-23-14(21)8-6-7-13(20)10-9-12-11-25-15(18-12)19-16(22)24-17(2,3)4/h9-11H,5-8H2,1-4H3,(H,18,19,22)/b10-9+. The summed E-state index contributed by atoms with van der Waals surface area (Å²) in [6.07, 6.45) is 3.36. The molecule has 0 bridgehead atoms. The molecule has 0 atom stereocenters. The predicted octanol–water partition coefficient (Wildman–Crippen LogP) is 3.81. The van der Waals surface area contributed by atoms with Crippen molar-refractivity contribution in [3.05, 3.63) is 17.2 Å². The zero-order valence-electron chi connectivity index (χ0n) is 15.0. The Bertz CT molecular complexity index is 631. The zero-order chi connectivity index (χ0) is 18.9. The molecule has 1 amide bonds. The maximum atomic E-state index is 11.7. The van der Waals surface area contributed by atoms with Crippen molar-refractivity contribution in [1.29, 1.82) is 0 Å². The molecule has 8 heteroatoms. The molecule has 0 radical (unpaired) electrons. The Kier molecular flexibility index (Phi) is 8.27. The molecule has 1 heterocycles. The van der Waals surface area contributed by atoms with Crippen molar-refractivity contribution >= 4 is 40.4 Å². The van der Waals surface area contributed by atoms with Gasteiger partial charge in [0.05, 0.1) is 12.3 Å². The number of allylic oxidation sites excluding steroid dienone is 1. The monoisotopic (exact) mass is 368 g/mol. The third-order valence-corrected chi connectivity index (χ3v) is 3.46. The van der Waals surface area contributed by atoms with Gasteiger partial charge in [-0.15, -0.1) is 11.3 Å². The van der Waals surface area contributed by atoms with Gasteiger partial charge in [-0.3, -0.25) is 14.9 Å². The highest BCUT2D eigenvalue weighted by atomic mass is 32.1. The van der Waals surface area contributed by atoms with Crippen molar-refractivity contribution in [2.45, 2.75) is 52.6 Å². The van der Waals surface area contributed by atoms with Crippen LogP contribution < -0.4 is 5.32 Å². The third-order valence-electron chi connectivity index (χ3n) is 2.68. The summed E-state index contributed by atoms with van der Waals surface area (Å²) in [5.74, 6) is -0.393. The third kappa shape index (κ3) is 9.61. The van der Waals surface area contributed by atoms with E-state index in [0.717, 1.165) is 0 Å². The SMILES string of the molecule is CCOC(=O)CCCC(=O)/C=C/c1csc(NC(=O)OC(C)(C)C)n1. The molecule has 138 valence electrons. The largest absolute Gasteiger partial charge is 0.466 e. The lowest BCUT2D eigenvalue weighted by atomic mass is 10.1. The summed E-state index contributed by atoms with van der Waals surface area (Å²) in [6, 6.07) is 0. The number of hydrogen-bond donors (Lipinski definition) is 1. The van der Waals surface area contributed by atoms with E-state index in [1.165, 1.54) is 17.4 Å². The van der Waals surface area contributed by atoms with E-state index < -0.39 is 11.7 Å². The highest BCUT2D eigenvalue weighted by Gasteiger charge is 2.17. The van der Waals surface area contributed by atoms with Crippen LogP contribution >= 0.6 is 11.3 Å². The van der Waals surface area contributed by atoms with E-state index in [0.29, 0.717) is 23.9 Å². The number of hydrogen-bond acceptors (Lipinski definition) is 7. The second kappa shape index (κ2) is 9.93. The molecule has 0 unspecified atom stereocenters. The molecule has 0 aliphatic carbocycles. The van der Waals surface area contributed by atoms with Crippen LogP contribution in [0.5, 0.6) is 0 Å². The van der Waals surface area contributed by atoms with Gasteiger partial charge < -0.3 is 9.47 Å². The second-order valence-corrected chi connectivity index (χ2v) is 7.02. The van der Waals surface area contributed by atoms with Crippen LogP contribution in [0.1, 0.15) is 52.7 Å². The van der Waals surface area contributed by atoms with E-state index in [1.807, 2.05) is 0 Å². The first-order chi connectivity index (χ1) is 11.7. The highest BCUT2D eigenvalue weighted by molar-refractivity contribution is 7.14. The van der Waals surface area contributed by atoms with Gasteiger partial charge in [-0.1, -0.05) is 0 Å². The van der Waals surface area contributed by atoms with Gasteiger partial charge in [0.1, 0.15) is 5.60 Å². The quantitative estimate of drug-likeness (QED) is 0.554. The number of rotatable bonds is 8. The molecule has 1 N–H and O–H groups in total. The Morgan fingerprint density at radius 3 is 2.64 bits per heavy atom. The normalized spacial score (nSPS) is 11.4. The number of nitrogens with one attached hydrogen (secondary N) is 1. The van der Waals surface area contributed by atoms with Gasteiger partial charge in [0.15, 0.2) is 10.9 Å². The maximum absolute atomic E-state index is 11.7. The van der Waals surface area contributed by atoms with Gasteiger partial charge >= 0.3 is 12.1 Å². The van der Waals surface area contributed by atoms with Crippen molar-refractivity contribution in [3.8, 4) is 0 Å². The average Bonchev–Trinajstić information content (AvgIpc) is 2.90. The number of anilines is 1. The topological polar surface area (TPSA) is 94.6 Å². The first-order valence-corrected chi connectivity index (χ1v) is 8.89. The summed E-state index contributed by atoms with van der Waals surface area (Å²) in [6.45, 7) is 7.41. The molecule has 0 aromatic carbocycles. The molecular formula is C17H24N2O5S. The van der Waals surface area contributed by atoms with Crippen LogP contribution in [-0.4, -0.2) is 35.0 Å². The Hall–Kier alpha value is -2.22. The van der Waals surface area contributed by atoms with Crippen molar-refractivity contribution in [3.63, 3.8) is 0 Å². The van der Waals surface area contributed by atoms with E-state index in [4.69, 9.17) is 9.47 Å². The number of carbonyl (C=O) groups is 3. The lowest BCUT2D eigenvalue weighted by molar-refractivity contribution is -0.143. The number of nitrogens with zero attached hydrogens (tertiary/aromatic N) is 1. The molecule has 7 nitrogen and oxygen atoms in total. The number of esters is 1. The van der Waals surface area contributed by atoms with Crippen molar-refractivity contribution < 1.29 is 23.9 Å². The van der Waals surface area contributed by atoms with Crippen molar-refractivity contribution in [2.75, 3.05) is 11.9 Å². The molecule has 0 aliphatic rings. The molecule has 1 rings (SSSR count). The Balaban J connectivity index is 2.41. The van der Waals surface area contributed by atoms with E-state index >= 15 is 0 Å². The first-order valence-electron chi connectivity index (χ1n) is 8.01. The smallest absolute Gasteiger partial charge is 0.413 e. The van der Waals surface area contributed by atoms with Crippen LogP contribution in [0.2, 0.25) is 0 Å². The first kappa shape index (κ1) is 20.8. The van der Waals surface area contributed by atoms with E-state index in [2.05, 4.69) is 10.3 Å². The van der Waals surface area contributed by atoms with Crippen LogP contribution in [0, 0.1) is 0 Å². The van der Waals surface area contributed by atoms with Crippen LogP contribution in [0.15, 0.2) is 11.5 Å². The van der Waals surface area contributed by atoms with Crippen LogP contribution in [-0.2, 0) is 19.1 Å². The number of thiazole rings is 1. The molecule has 0 fully saturated rings. The fraction of sp³-hybridized carbons (Fsp3) is 0.529. The average molecular weight is 368 g/mol. The number of aromatic nitrogens is 1. The number of amides is 1. The predicted molar refractivity (Wildman–Crippen MR) is 96.5 cm³/mol. The van der Waals surface area contributed by atoms with E-state index in [1.54, 1.807) is 39.2 Å².